The van der Waals surface area contributed by atoms with Crippen LogP contribution in [-0.2, 0) is 6.42 Å². The molecule has 3 heteroatoms. The lowest BCUT2D eigenvalue weighted by Crippen LogP contribution is -2.07. The first-order chi connectivity index (χ1) is 9.52. The Kier molecular flexibility index (Phi) is 4.18. The van der Waals surface area contributed by atoms with Crippen molar-refractivity contribution >= 4 is 5.78 Å². The third kappa shape index (κ3) is 2.87. The third-order valence-electron chi connectivity index (χ3n) is 3.46. The van der Waals surface area contributed by atoms with Gasteiger partial charge in [0.05, 0.1) is 7.11 Å². The largest absolute Gasteiger partial charge is 0.494 e. The van der Waals surface area contributed by atoms with Crippen LogP contribution in [0.2, 0.25) is 0 Å². The van der Waals surface area contributed by atoms with Gasteiger partial charge >= 0.3 is 0 Å². The molecular formula is C17H17FO2. The van der Waals surface area contributed by atoms with E-state index in [1.165, 1.54) is 19.2 Å². The number of hydrogen-bond donors (Lipinski definition) is 0. The highest BCUT2D eigenvalue weighted by molar-refractivity contribution is 5.98. The van der Waals surface area contributed by atoms with Gasteiger partial charge in [0, 0.05) is 12.0 Å². The van der Waals surface area contributed by atoms with E-state index in [2.05, 4.69) is 0 Å². The quantitative estimate of drug-likeness (QED) is 0.790. The summed E-state index contributed by atoms with van der Waals surface area (Å²) in [5.41, 5.74) is 3.53. The molecule has 0 radical (unpaired) electrons. The van der Waals surface area contributed by atoms with Crippen molar-refractivity contribution < 1.29 is 13.9 Å². The van der Waals surface area contributed by atoms with Crippen molar-refractivity contribution in [1.29, 1.82) is 0 Å². The summed E-state index contributed by atoms with van der Waals surface area (Å²) < 4.78 is 18.5. The number of ketones is 1. The molecule has 0 unspecified atom stereocenters. The van der Waals surface area contributed by atoms with Gasteiger partial charge in [0.1, 0.15) is 0 Å². The molecule has 2 nitrogen and oxygen atoms in total. The Morgan fingerprint density at radius 1 is 1.15 bits per heavy atom. The first-order valence-corrected chi connectivity index (χ1v) is 6.44. The SMILES string of the molecule is COc1ccc(C(=O)Cc2c(C)cccc2C)cc1F. The van der Waals surface area contributed by atoms with Gasteiger partial charge in [-0.3, -0.25) is 4.79 Å². The molecule has 0 amide bonds. The first kappa shape index (κ1) is 14.3. The second-order valence-electron chi connectivity index (χ2n) is 4.82. The normalized spacial score (nSPS) is 10.4. The molecule has 0 bridgehead atoms. The number of hydrogen-bond acceptors (Lipinski definition) is 2. The Bertz CT molecular complexity index is 627. The van der Waals surface area contributed by atoms with E-state index in [4.69, 9.17) is 4.74 Å². The first-order valence-electron chi connectivity index (χ1n) is 6.44. The standard InChI is InChI=1S/C17H17FO2/c1-11-5-4-6-12(2)14(11)10-16(19)13-7-8-17(20-3)15(18)9-13/h4-9H,10H2,1-3H3. The molecule has 104 valence electrons. The zero-order chi connectivity index (χ0) is 14.7. The molecule has 0 aliphatic rings. The Hall–Kier alpha value is -2.16. The van der Waals surface area contributed by atoms with Crippen molar-refractivity contribution in [2.24, 2.45) is 0 Å². The molecule has 0 spiro atoms. The number of halogens is 1. The Balaban J connectivity index is 2.26. The highest BCUT2D eigenvalue weighted by Crippen LogP contribution is 2.20. The summed E-state index contributed by atoms with van der Waals surface area (Å²) in [6.45, 7) is 3.95. The molecule has 20 heavy (non-hydrogen) atoms. The number of rotatable bonds is 4. The van der Waals surface area contributed by atoms with Crippen LogP contribution in [0, 0.1) is 19.7 Å². The van der Waals surface area contributed by atoms with E-state index < -0.39 is 5.82 Å². The summed E-state index contributed by atoms with van der Waals surface area (Å²) in [4.78, 5) is 12.3. The highest BCUT2D eigenvalue weighted by atomic mass is 19.1. The zero-order valence-corrected chi connectivity index (χ0v) is 11.9. The van der Waals surface area contributed by atoms with E-state index in [-0.39, 0.29) is 18.0 Å². The van der Waals surface area contributed by atoms with Crippen LogP contribution >= 0.6 is 0 Å². The average Bonchev–Trinajstić information content (AvgIpc) is 2.42. The topological polar surface area (TPSA) is 26.3 Å². The smallest absolute Gasteiger partial charge is 0.167 e. The maximum Gasteiger partial charge on any atom is 0.167 e. The molecule has 0 heterocycles. The van der Waals surface area contributed by atoms with E-state index in [1.54, 1.807) is 6.07 Å². The van der Waals surface area contributed by atoms with E-state index in [1.807, 2.05) is 32.0 Å². The van der Waals surface area contributed by atoms with E-state index in [0.717, 1.165) is 16.7 Å². The minimum Gasteiger partial charge on any atom is -0.494 e. The number of carbonyl (C=O) groups is 1. The van der Waals surface area contributed by atoms with Gasteiger partial charge in [-0.2, -0.15) is 0 Å². The van der Waals surface area contributed by atoms with Crippen molar-refractivity contribution in [3.8, 4) is 5.75 Å². The minimum absolute atomic E-state index is 0.0936. The summed E-state index contributed by atoms with van der Waals surface area (Å²) in [7, 11) is 1.40. The predicted molar refractivity (Wildman–Crippen MR) is 76.9 cm³/mol. The van der Waals surface area contributed by atoms with Gasteiger partial charge in [-0.05, 0) is 48.7 Å². The Labute approximate surface area is 118 Å². The number of Topliss-reactive ketones (excluding diaryl/α,β-unsaturated/α-hetero) is 1. The lowest BCUT2D eigenvalue weighted by Gasteiger charge is -2.09. The van der Waals surface area contributed by atoms with Crippen LogP contribution in [0.3, 0.4) is 0 Å². The fourth-order valence-electron chi connectivity index (χ4n) is 2.23. The molecule has 0 aliphatic heterocycles. The number of aryl methyl sites for hydroxylation is 2. The minimum atomic E-state index is -0.514. The molecule has 0 fully saturated rings. The van der Waals surface area contributed by atoms with Crippen LogP contribution in [0.4, 0.5) is 4.39 Å². The zero-order valence-electron chi connectivity index (χ0n) is 11.9. The summed E-state index contributed by atoms with van der Waals surface area (Å²) in [6, 6.07) is 10.2. The van der Waals surface area contributed by atoms with E-state index >= 15 is 0 Å². The van der Waals surface area contributed by atoms with Gasteiger partial charge < -0.3 is 4.74 Å². The monoisotopic (exact) mass is 272 g/mol. The van der Waals surface area contributed by atoms with Gasteiger partial charge in [-0.15, -0.1) is 0 Å². The van der Waals surface area contributed by atoms with Crippen molar-refractivity contribution in [3.05, 3.63) is 64.5 Å². The summed E-state index contributed by atoms with van der Waals surface area (Å²) in [5.74, 6) is -0.461. The molecule has 0 aromatic heterocycles. The second kappa shape index (κ2) is 5.87. The molecule has 0 N–H and O–H groups in total. The van der Waals surface area contributed by atoms with Gasteiger partial charge in [0.2, 0.25) is 0 Å². The molecule has 0 atom stereocenters. The van der Waals surface area contributed by atoms with Crippen LogP contribution in [-0.4, -0.2) is 12.9 Å². The molecule has 0 aliphatic carbocycles. The maximum atomic E-state index is 13.6. The summed E-state index contributed by atoms with van der Waals surface area (Å²) in [6.07, 6.45) is 0.282. The summed E-state index contributed by atoms with van der Waals surface area (Å²) >= 11 is 0. The number of methoxy groups -OCH3 is 1. The van der Waals surface area contributed by atoms with Crippen LogP contribution in [0.15, 0.2) is 36.4 Å². The van der Waals surface area contributed by atoms with E-state index in [9.17, 15) is 9.18 Å². The maximum absolute atomic E-state index is 13.6. The Morgan fingerprint density at radius 2 is 1.80 bits per heavy atom. The number of carbonyl (C=O) groups excluding carboxylic acids is 1. The molecule has 2 aromatic rings. The van der Waals surface area contributed by atoms with Crippen molar-refractivity contribution in [1.82, 2.24) is 0 Å². The fraction of sp³-hybridized carbons (Fsp3) is 0.235. The highest BCUT2D eigenvalue weighted by Gasteiger charge is 2.13. The van der Waals surface area contributed by atoms with Crippen molar-refractivity contribution in [2.75, 3.05) is 7.11 Å². The average molecular weight is 272 g/mol. The fourth-order valence-corrected chi connectivity index (χ4v) is 2.23. The lowest BCUT2D eigenvalue weighted by atomic mass is 9.95. The van der Waals surface area contributed by atoms with Gasteiger partial charge in [0.15, 0.2) is 17.3 Å². The van der Waals surface area contributed by atoms with Gasteiger partial charge in [0.25, 0.3) is 0 Å². The molecule has 2 aromatic carbocycles. The lowest BCUT2D eigenvalue weighted by molar-refractivity contribution is 0.0992. The van der Waals surface area contributed by atoms with Crippen LogP contribution in [0.25, 0.3) is 0 Å². The van der Waals surface area contributed by atoms with Crippen molar-refractivity contribution in [2.45, 2.75) is 20.3 Å². The summed E-state index contributed by atoms with van der Waals surface area (Å²) in [5, 5.41) is 0. The third-order valence-corrected chi connectivity index (χ3v) is 3.46. The number of benzene rings is 2. The molecule has 2 rings (SSSR count). The van der Waals surface area contributed by atoms with Gasteiger partial charge in [-0.25, -0.2) is 4.39 Å². The Morgan fingerprint density at radius 3 is 2.35 bits per heavy atom. The van der Waals surface area contributed by atoms with E-state index in [0.29, 0.717) is 5.56 Å². The molecule has 0 saturated heterocycles. The molecular weight excluding hydrogens is 255 g/mol. The molecule has 0 saturated carbocycles. The second-order valence-corrected chi connectivity index (χ2v) is 4.82. The van der Waals surface area contributed by atoms with Crippen LogP contribution in [0.5, 0.6) is 5.75 Å². The van der Waals surface area contributed by atoms with Gasteiger partial charge in [-0.1, -0.05) is 18.2 Å². The van der Waals surface area contributed by atoms with Crippen LogP contribution < -0.4 is 4.74 Å². The van der Waals surface area contributed by atoms with Crippen molar-refractivity contribution in [3.63, 3.8) is 0 Å². The predicted octanol–water partition coefficient (Wildman–Crippen LogP) is 3.88. The number of ether oxygens (including phenoxy) is 1. The van der Waals surface area contributed by atoms with Crippen LogP contribution in [0.1, 0.15) is 27.0 Å².